The first kappa shape index (κ1) is 6.89. The molecule has 2 saturated heterocycles. The highest BCUT2D eigenvalue weighted by molar-refractivity contribution is 5.85. The van der Waals surface area contributed by atoms with Gasteiger partial charge in [0.2, 0.25) is 5.91 Å². The Hall–Kier alpha value is -0.570. The molecule has 0 aromatic heterocycles. The summed E-state index contributed by atoms with van der Waals surface area (Å²) in [6.07, 6.45) is 2.54. The number of hydrogen-bond donors (Lipinski definition) is 1. The van der Waals surface area contributed by atoms with Gasteiger partial charge in [0.1, 0.15) is 0 Å². The van der Waals surface area contributed by atoms with E-state index in [2.05, 4.69) is 0 Å². The zero-order valence-corrected chi connectivity index (χ0v) is 6.94. The Bertz CT molecular complexity index is 241. The maximum atomic E-state index is 11.5. The first-order chi connectivity index (χ1) is 5.77. The van der Waals surface area contributed by atoms with Gasteiger partial charge in [0, 0.05) is 18.5 Å². The van der Waals surface area contributed by atoms with Crippen molar-refractivity contribution in [1.29, 1.82) is 0 Å². The molecule has 0 radical (unpaired) electrons. The van der Waals surface area contributed by atoms with Crippen molar-refractivity contribution < 1.29 is 9.90 Å². The summed E-state index contributed by atoms with van der Waals surface area (Å²) in [5.41, 5.74) is 0. The third kappa shape index (κ3) is 0.724. The number of nitrogens with zero attached hydrogens (tertiary/aromatic N) is 1. The summed E-state index contributed by atoms with van der Waals surface area (Å²) >= 11 is 0. The van der Waals surface area contributed by atoms with Crippen LogP contribution in [0.1, 0.15) is 19.3 Å². The molecule has 2 aliphatic heterocycles. The lowest BCUT2D eigenvalue weighted by atomic mass is 9.98. The SMILES string of the molecule is O=C1[C@H]2C[C@H]2C2CC(O)CCN12. The Morgan fingerprint density at radius 2 is 2.25 bits per heavy atom. The van der Waals surface area contributed by atoms with E-state index < -0.39 is 0 Å². The summed E-state index contributed by atoms with van der Waals surface area (Å²) < 4.78 is 0. The van der Waals surface area contributed by atoms with E-state index in [1.165, 1.54) is 0 Å². The third-order valence-corrected chi connectivity index (χ3v) is 3.55. The Labute approximate surface area is 71.4 Å². The molecule has 3 aliphatic rings. The Kier molecular flexibility index (Phi) is 1.16. The van der Waals surface area contributed by atoms with Crippen molar-refractivity contribution in [3.8, 4) is 0 Å². The molecule has 2 unspecified atom stereocenters. The highest BCUT2D eigenvalue weighted by Crippen LogP contribution is 2.52. The lowest BCUT2D eigenvalue weighted by Crippen LogP contribution is -2.44. The minimum absolute atomic E-state index is 0.154. The zero-order valence-electron chi connectivity index (χ0n) is 6.94. The van der Waals surface area contributed by atoms with Crippen molar-refractivity contribution in [2.24, 2.45) is 11.8 Å². The van der Waals surface area contributed by atoms with Gasteiger partial charge in [0.05, 0.1) is 6.10 Å². The molecule has 12 heavy (non-hydrogen) atoms. The first-order valence-corrected chi connectivity index (χ1v) is 4.76. The molecule has 1 N–H and O–H groups in total. The van der Waals surface area contributed by atoms with Gasteiger partial charge in [-0.25, -0.2) is 0 Å². The molecule has 1 saturated carbocycles. The van der Waals surface area contributed by atoms with Crippen LogP contribution >= 0.6 is 0 Å². The molecule has 0 aromatic rings. The van der Waals surface area contributed by atoms with Gasteiger partial charge >= 0.3 is 0 Å². The van der Waals surface area contributed by atoms with Crippen molar-refractivity contribution in [2.45, 2.75) is 31.4 Å². The van der Waals surface area contributed by atoms with Crippen LogP contribution in [0.15, 0.2) is 0 Å². The van der Waals surface area contributed by atoms with Crippen LogP contribution < -0.4 is 0 Å². The van der Waals surface area contributed by atoms with E-state index in [1.54, 1.807) is 0 Å². The second kappa shape index (κ2) is 2.02. The van der Waals surface area contributed by atoms with Gasteiger partial charge in [-0.1, -0.05) is 0 Å². The number of carbonyl (C=O) groups excluding carboxylic acids is 1. The molecule has 4 atom stereocenters. The van der Waals surface area contributed by atoms with Crippen LogP contribution in [0.4, 0.5) is 0 Å². The molecule has 1 aliphatic carbocycles. The van der Waals surface area contributed by atoms with Gasteiger partial charge in [-0.05, 0) is 25.2 Å². The van der Waals surface area contributed by atoms with Crippen molar-refractivity contribution in [3.63, 3.8) is 0 Å². The maximum Gasteiger partial charge on any atom is 0.226 e. The van der Waals surface area contributed by atoms with Gasteiger partial charge in [0.15, 0.2) is 0 Å². The molecule has 0 bridgehead atoms. The topological polar surface area (TPSA) is 40.5 Å². The van der Waals surface area contributed by atoms with Crippen LogP contribution in [0, 0.1) is 11.8 Å². The first-order valence-electron chi connectivity index (χ1n) is 4.76. The molecule has 3 rings (SSSR count). The molecule has 66 valence electrons. The van der Waals surface area contributed by atoms with Gasteiger partial charge in [-0.3, -0.25) is 4.79 Å². The monoisotopic (exact) mass is 167 g/mol. The third-order valence-electron chi connectivity index (χ3n) is 3.55. The van der Waals surface area contributed by atoms with Gasteiger partial charge in [-0.15, -0.1) is 0 Å². The molecule has 1 amide bonds. The fourth-order valence-electron chi connectivity index (χ4n) is 2.79. The second-order valence-corrected chi connectivity index (χ2v) is 4.28. The highest BCUT2D eigenvalue weighted by atomic mass is 16.3. The van der Waals surface area contributed by atoms with Crippen LogP contribution in [0.2, 0.25) is 0 Å². The number of aliphatic hydroxyl groups excluding tert-OH is 1. The molecule has 3 fully saturated rings. The number of hydrogen-bond acceptors (Lipinski definition) is 2. The van der Waals surface area contributed by atoms with Gasteiger partial charge < -0.3 is 10.0 Å². The quantitative estimate of drug-likeness (QED) is 0.551. The van der Waals surface area contributed by atoms with Crippen LogP contribution in [-0.4, -0.2) is 34.6 Å². The van der Waals surface area contributed by atoms with Crippen LogP contribution in [0.3, 0.4) is 0 Å². The Morgan fingerprint density at radius 1 is 1.42 bits per heavy atom. The minimum Gasteiger partial charge on any atom is -0.393 e. The maximum absolute atomic E-state index is 11.5. The molecular weight excluding hydrogens is 154 g/mol. The molecule has 3 heteroatoms. The summed E-state index contributed by atoms with van der Waals surface area (Å²) in [5.74, 6) is 1.31. The summed E-state index contributed by atoms with van der Waals surface area (Å²) in [7, 11) is 0. The summed E-state index contributed by atoms with van der Waals surface area (Å²) in [6, 6.07) is 0.395. The van der Waals surface area contributed by atoms with Crippen LogP contribution in [-0.2, 0) is 4.79 Å². The standard InChI is InChI=1S/C9H13NO2/c11-5-1-2-10-8(3-5)6-4-7(6)9(10)12/h5-8,11H,1-4H2/t5?,6-,7+,8?/m1/s1. The smallest absolute Gasteiger partial charge is 0.226 e. The number of piperidine rings is 2. The second-order valence-electron chi connectivity index (χ2n) is 4.28. The van der Waals surface area contributed by atoms with Gasteiger partial charge in [0.25, 0.3) is 0 Å². The molecule has 0 aromatic carbocycles. The zero-order chi connectivity index (χ0) is 8.29. The molecule has 0 spiro atoms. The van der Waals surface area contributed by atoms with E-state index >= 15 is 0 Å². The molecule has 3 nitrogen and oxygen atoms in total. The number of amides is 1. The Balaban J connectivity index is 1.85. The fourth-order valence-corrected chi connectivity index (χ4v) is 2.79. The van der Waals surface area contributed by atoms with Crippen LogP contribution in [0.5, 0.6) is 0 Å². The summed E-state index contributed by atoms with van der Waals surface area (Å²) in [5, 5.41) is 9.44. The van der Waals surface area contributed by atoms with E-state index in [1.807, 2.05) is 4.90 Å². The van der Waals surface area contributed by atoms with E-state index in [0.29, 0.717) is 23.8 Å². The van der Waals surface area contributed by atoms with Crippen molar-refractivity contribution in [1.82, 2.24) is 4.90 Å². The molecule has 2 heterocycles. The largest absolute Gasteiger partial charge is 0.393 e. The normalized spacial score (nSPS) is 50.4. The lowest BCUT2D eigenvalue weighted by molar-refractivity contribution is -0.133. The molecular formula is C9H13NO2. The van der Waals surface area contributed by atoms with E-state index in [-0.39, 0.29) is 6.10 Å². The van der Waals surface area contributed by atoms with E-state index in [4.69, 9.17) is 0 Å². The van der Waals surface area contributed by atoms with Crippen LogP contribution in [0.25, 0.3) is 0 Å². The van der Waals surface area contributed by atoms with E-state index in [0.717, 1.165) is 25.8 Å². The summed E-state index contributed by atoms with van der Waals surface area (Å²) in [6.45, 7) is 0.789. The number of carbonyl (C=O) groups is 1. The fraction of sp³-hybridized carbons (Fsp3) is 0.889. The predicted octanol–water partition coefficient (Wildman–Crippen LogP) is -0.0120. The average Bonchev–Trinajstić information content (AvgIpc) is 2.77. The number of fused-ring (bicyclic) bond motifs is 3. The predicted molar refractivity (Wildman–Crippen MR) is 42.3 cm³/mol. The van der Waals surface area contributed by atoms with Crippen molar-refractivity contribution in [2.75, 3.05) is 6.54 Å². The number of rotatable bonds is 0. The minimum atomic E-state index is -0.154. The lowest BCUT2D eigenvalue weighted by Gasteiger charge is -2.34. The van der Waals surface area contributed by atoms with Crippen molar-refractivity contribution >= 4 is 5.91 Å². The van der Waals surface area contributed by atoms with Gasteiger partial charge in [-0.2, -0.15) is 0 Å². The van der Waals surface area contributed by atoms with E-state index in [9.17, 15) is 9.90 Å². The Morgan fingerprint density at radius 3 is 3.08 bits per heavy atom. The highest BCUT2D eigenvalue weighted by Gasteiger charge is 2.59. The van der Waals surface area contributed by atoms with Crippen molar-refractivity contribution in [3.05, 3.63) is 0 Å². The summed E-state index contributed by atoms with van der Waals surface area (Å²) in [4.78, 5) is 13.5. The number of aliphatic hydroxyl groups is 1. The average molecular weight is 167 g/mol.